The minimum Gasteiger partial charge on any atom is -0.493 e. The van der Waals surface area contributed by atoms with E-state index in [0.717, 1.165) is 31.3 Å². The minimum atomic E-state index is -0.0305. The number of nitrogens with zero attached hydrogens (tertiary/aromatic N) is 1. The number of benzene rings is 1. The van der Waals surface area contributed by atoms with Crippen molar-refractivity contribution in [2.45, 2.75) is 18.8 Å². The van der Waals surface area contributed by atoms with E-state index in [1.807, 2.05) is 29.2 Å². The Kier molecular flexibility index (Phi) is 4.02. The lowest BCUT2D eigenvalue weighted by molar-refractivity contribution is 0.0683. The van der Waals surface area contributed by atoms with Crippen molar-refractivity contribution in [2.24, 2.45) is 0 Å². The number of thiophene rings is 1. The van der Waals surface area contributed by atoms with Crippen LogP contribution in [0.4, 0.5) is 0 Å². The maximum Gasteiger partial charge on any atom is 0.289 e. The number of ether oxygens (including phenoxy) is 1. The predicted octanol–water partition coefficient (Wildman–Crippen LogP) is 4.52. The average Bonchev–Trinajstić information content (AvgIpc) is 3.30. The number of carbonyl (C=O) groups is 1. The zero-order chi connectivity index (χ0) is 16.5. The highest BCUT2D eigenvalue weighted by Crippen LogP contribution is 2.32. The van der Waals surface area contributed by atoms with Gasteiger partial charge in [0.15, 0.2) is 17.1 Å². The van der Waals surface area contributed by atoms with Gasteiger partial charge in [0.1, 0.15) is 0 Å². The molecule has 3 aromatic rings. The van der Waals surface area contributed by atoms with Crippen LogP contribution in [0.15, 0.2) is 45.5 Å². The van der Waals surface area contributed by atoms with Crippen LogP contribution in [-0.4, -0.2) is 31.0 Å². The second-order valence-corrected chi connectivity index (χ2v) is 6.89. The van der Waals surface area contributed by atoms with Crippen molar-refractivity contribution in [1.29, 1.82) is 0 Å². The molecule has 1 fully saturated rings. The molecular formula is C19H19NO3S. The van der Waals surface area contributed by atoms with Crippen LogP contribution in [0.5, 0.6) is 5.75 Å². The summed E-state index contributed by atoms with van der Waals surface area (Å²) in [5.74, 6) is 1.58. The molecule has 0 bridgehead atoms. The van der Waals surface area contributed by atoms with E-state index in [1.165, 1.54) is 5.56 Å². The van der Waals surface area contributed by atoms with Crippen LogP contribution in [0, 0.1) is 0 Å². The normalized spacial score (nSPS) is 15.8. The summed E-state index contributed by atoms with van der Waals surface area (Å²) in [5.41, 5.74) is 2.04. The highest BCUT2D eigenvalue weighted by Gasteiger charge is 2.27. The number of hydrogen-bond donors (Lipinski definition) is 0. The molecule has 0 radical (unpaired) electrons. The van der Waals surface area contributed by atoms with Gasteiger partial charge in [0, 0.05) is 18.5 Å². The Bertz CT molecular complexity index is 845. The van der Waals surface area contributed by atoms with E-state index >= 15 is 0 Å². The molecule has 0 spiro atoms. The van der Waals surface area contributed by atoms with Gasteiger partial charge in [-0.05, 0) is 53.3 Å². The molecular weight excluding hydrogens is 322 g/mol. The fraction of sp³-hybridized carbons (Fsp3) is 0.316. The van der Waals surface area contributed by atoms with Crippen LogP contribution in [0.25, 0.3) is 11.0 Å². The summed E-state index contributed by atoms with van der Waals surface area (Å²) in [6.07, 6.45) is 2.01. The van der Waals surface area contributed by atoms with Crippen LogP contribution in [0.2, 0.25) is 0 Å². The lowest BCUT2D eigenvalue weighted by Crippen LogP contribution is -2.37. The number of rotatable bonds is 3. The number of amides is 1. The number of furan rings is 1. The van der Waals surface area contributed by atoms with Crippen LogP contribution in [0.3, 0.4) is 0 Å². The van der Waals surface area contributed by atoms with Crippen molar-refractivity contribution in [1.82, 2.24) is 4.90 Å². The van der Waals surface area contributed by atoms with Gasteiger partial charge in [-0.25, -0.2) is 0 Å². The maximum absolute atomic E-state index is 12.8. The Morgan fingerprint density at radius 2 is 2.12 bits per heavy atom. The zero-order valence-electron chi connectivity index (χ0n) is 13.5. The van der Waals surface area contributed by atoms with Gasteiger partial charge in [0.2, 0.25) is 0 Å². The van der Waals surface area contributed by atoms with E-state index in [0.29, 0.717) is 23.0 Å². The van der Waals surface area contributed by atoms with E-state index < -0.39 is 0 Å². The van der Waals surface area contributed by atoms with Crippen molar-refractivity contribution >= 4 is 28.2 Å². The number of carbonyl (C=O) groups excluding carboxylic acids is 1. The number of hydrogen-bond acceptors (Lipinski definition) is 4. The SMILES string of the molecule is COc1cccc2cc(C(=O)N3CCC(c4ccsc4)CC3)oc12. The Balaban J connectivity index is 1.50. The second-order valence-electron chi connectivity index (χ2n) is 6.11. The number of para-hydroxylation sites is 1. The number of likely N-dealkylation sites (tertiary alicyclic amines) is 1. The molecule has 2 aromatic heterocycles. The summed E-state index contributed by atoms with van der Waals surface area (Å²) < 4.78 is 11.1. The van der Waals surface area contributed by atoms with Gasteiger partial charge >= 0.3 is 0 Å². The van der Waals surface area contributed by atoms with Gasteiger partial charge in [0.05, 0.1) is 7.11 Å². The van der Waals surface area contributed by atoms with Crippen LogP contribution < -0.4 is 4.74 Å². The van der Waals surface area contributed by atoms with Crippen LogP contribution >= 0.6 is 11.3 Å². The van der Waals surface area contributed by atoms with Gasteiger partial charge in [-0.2, -0.15) is 11.3 Å². The number of fused-ring (bicyclic) bond motifs is 1. The molecule has 24 heavy (non-hydrogen) atoms. The first-order valence-corrected chi connectivity index (χ1v) is 9.08. The molecule has 5 heteroatoms. The fourth-order valence-corrected chi connectivity index (χ4v) is 4.12. The molecule has 0 atom stereocenters. The maximum atomic E-state index is 12.8. The summed E-state index contributed by atoms with van der Waals surface area (Å²) in [4.78, 5) is 14.7. The van der Waals surface area contributed by atoms with Crippen molar-refractivity contribution in [3.8, 4) is 5.75 Å². The number of methoxy groups -OCH3 is 1. The molecule has 0 aliphatic carbocycles. The Hall–Kier alpha value is -2.27. The zero-order valence-corrected chi connectivity index (χ0v) is 14.3. The third kappa shape index (κ3) is 2.69. The van der Waals surface area contributed by atoms with Crippen LogP contribution in [-0.2, 0) is 0 Å². The first kappa shape index (κ1) is 15.3. The smallest absolute Gasteiger partial charge is 0.289 e. The second kappa shape index (κ2) is 6.32. The minimum absolute atomic E-state index is 0.0305. The molecule has 1 saturated heterocycles. The molecule has 124 valence electrons. The molecule has 0 unspecified atom stereocenters. The van der Waals surface area contributed by atoms with Gasteiger partial charge < -0.3 is 14.1 Å². The molecule has 1 aliphatic rings. The van der Waals surface area contributed by atoms with Crippen LogP contribution in [0.1, 0.15) is 34.9 Å². The molecule has 1 aliphatic heterocycles. The summed E-state index contributed by atoms with van der Waals surface area (Å²) in [6, 6.07) is 9.67. The van der Waals surface area contributed by atoms with E-state index in [9.17, 15) is 4.79 Å². The van der Waals surface area contributed by atoms with E-state index in [2.05, 4.69) is 16.8 Å². The molecule has 4 nitrogen and oxygen atoms in total. The fourth-order valence-electron chi connectivity index (χ4n) is 3.38. The van der Waals surface area contributed by atoms with Crippen molar-refractivity contribution < 1.29 is 13.9 Å². The Morgan fingerprint density at radius 1 is 1.29 bits per heavy atom. The Labute approximate surface area is 144 Å². The highest BCUT2D eigenvalue weighted by molar-refractivity contribution is 7.07. The Morgan fingerprint density at radius 3 is 2.83 bits per heavy atom. The monoisotopic (exact) mass is 341 g/mol. The van der Waals surface area contributed by atoms with Crippen molar-refractivity contribution in [2.75, 3.05) is 20.2 Å². The molecule has 1 aromatic carbocycles. The standard InChI is InChI=1S/C19H19NO3S/c1-22-16-4-2-3-14-11-17(23-18(14)16)19(21)20-8-5-13(6-9-20)15-7-10-24-12-15/h2-4,7,10-13H,5-6,8-9H2,1H3. The summed E-state index contributed by atoms with van der Waals surface area (Å²) in [6.45, 7) is 1.54. The summed E-state index contributed by atoms with van der Waals surface area (Å²) >= 11 is 1.74. The van der Waals surface area contributed by atoms with Gasteiger partial charge in [-0.3, -0.25) is 4.79 Å². The molecule has 4 rings (SSSR count). The van der Waals surface area contributed by atoms with Gasteiger partial charge in [0.25, 0.3) is 5.91 Å². The largest absolute Gasteiger partial charge is 0.493 e. The predicted molar refractivity (Wildman–Crippen MR) is 95.0 cm³/mol. The topological polar surface area (TPSA) is 42.7 Å². The quantitative estimate of drug-likeness (QED) is 0.703. The number of piperidine rings is 1. The first-order chi connectivity index (χ1) is 11.8. The van der Waals surface area contributed by atoms with E-state index in [-0.39, 0.29) is 5.91 Å². The lowest BCUT2D eigenvalue weighted by atomic mass is 9.91. The van der Waals surface area contributed by atoms with Crippen molar-refractivity contribution in [3.63, 3.8) is 0 Å². The average molecular weight is 341 g/mol. The first-order valence-electron chi connectivity index (χ1n) is 8.14. The van der Waals surface area contributed by atoms with Crippen molar-refractivity contribution in [3.05, 3.63) is 52.4 Å². The third-order valence-electron chi connectivity index (χ3n) is 4.74. The highest BCUT2D eigenvalue weighted by atomic mass is 32.1. The third-order valence-corrected chi connectivity index (χ3v) is 5.44. The lowest BCUT2D eigenvalue weighted by Gasteiger charge is -2.31. The van der Waals surface area contributed by atoms with E-state index in [4.69, 9.17) is 9.15 Å². The summed E-state index contributed by atoms with van der Waals surface area (Å²) in [7, 11) is 1.61. The molecule has 0 saturated carbocycles. The summed E-state index contributed by atoms with van der Waals surface area (Å²) in [5, 5.41) is 5.23. The molecule has 0 N–H and O–H groups in total. The van der Waals surface area contributed by atoms with Gasteiger partial charge in [-0.1, -0.05) is 12.1 Å². The molecule has 3 heterocycles. The molecule has 1 amide bonds. The van der Waals surface area contributed by atoms with E-state index in [1.54, 1.807) is 18.4 Å². The van der Waals surface area contributed by atoms with Gasteiger partial charge in [-0.15, -0.1) is 0 Å².